The van der Waals surface area contributed by atoms with E-state index >= 15 is 0 Å². The number of halogens is 2. The molecule has 32 heavy (non-hydrogen) atoms. The summed E-state index contributed by atoms with van der Waals surface area (Å²) in [6.45, 7) is 14.1. The van der Waals surface area contributed by atoms with Crippen LogP contribution in [0.4, 0.5) is 5.69 Å². The summed E-state index contributed by atoms with van der Waals surface area (Å²) in [5.74, 6) is 0. The van der Waals surface area contributed by atoms with E-state index in [9.17, 15) is 0 Å². The van der Waals surface area contributed by atoms with Gasteiger partial charge in [0.05, 0.1) is 22.7 Å². The van der Waals surface area contributed by atoms with E-state index < -0.39 is 0 Å². The molecular weight excluding hydrogens is 457 g/mol. The van der Waals surface area contributed by atoms with Gasteiger partial charge in [0.2, 0.25) is 0 Å². The van der Waals surface area contributed by atoms with Crippen molar-refractivity contribution < 1.29 is 0 Å². The highest BCUT2D eigenvalue weighted by Crippen LogP contribution is 2.29. The van der Waals surface area contributed by atoms with Crippen LogP contribution in [0.2, 0.25) is 0 Å². The highest BCUT2D eigenvalue weighted by Gasteiger charge is 2.14. The molecule has 0 saturated heterocycles. The topological polar surface area (TPSA) is 28.5 Å². The second-order valence-corrected chi connectivity index (χ2v) is 9.96. The quantitative estimate of drug-likeness (QED) is 0.260. The molecule has 0 aliphatic heterocycles. The molecular formula is C26H35Cl2N3S. The molecule has 174 valence electrons. The van der Waals surface area contributed by atoms with Gasteiger partial charge >= 0.3 is 0 Å². The number of benzene rings is 2. The van der Waals surface area contributed by atoms with Crippen molar-refractivity contribution in [3.63, 3.8) is 0 Å². The molecule has 0 aliphatic rings. The van der Waals surface area contributed by atoms with Gasteiger partial charge in [-0.1, -0.05) is 51.1 Å². The molecule has 6 heteroatoms. The lowest BCUT2D eigenvalue weighted by atomic mass is 9.86. The van der Waals surface area contributed by atoms with Crippen LogP contribution >= 0.6 is 36.2 Å². The Hall–Kier alpha value is -1.88. The van der Waals surface area contributed by atoms with E-state index in [2.05, 4.69) is 93.2 Å². The van der Waals surface area contributed by atoms with E-state index in [1.807, 2.05) is 13.4 Å². The third-order valence-corrected chi connectivity index (χ3v) is 6.34. The molecule has 0 unspecified atom stereocenters. The SMILES string of the molecule is CCN(C)/C=N\c1cc(C)c(Cc2nc(-c3ccc(C(C)(C)C)cc3)cs2)cc1C.Cl.Cl. The zero-order chi connectivity index (χ0) is 21.9. The van der Waals surface area contributed by atoms with Crippen molar-refractivity contribution in [3.8, 4) is 11.3 Å². The summed E-state index contributed by atoms with van der Waals surface area (Å²) >= 11 is 1.74. The van der Waals surface area contributed by atoms with Crippen LogP contribution in [0.25, 0.3) is 11.3 Å². The zero-order valence-corrected chi connectivity index (χ0v) is 22.5. The summed E-state index contributed by atoms with van der Waals surface area (Å²) < 4.78 is 0. The Labute approximate surface area is 209 Å². The van der Waals surface area contributed by atoms with Crippen LogP contribution in [-0.4, -0.2) is 29.8 Å². The van der Waals surface area contributed by atoms with Crippen LogP contribution in [-0.2, 0) is 11.8 Å². The first-order valence-corrected chi connectivity index (χ1v) is 11.4. The lowest BCUT2D eigenvalue weighted by Gasteiger charge is -2.18. The first-order valence-electron chi connectivity index (χ1n) is 10.6. The fourth-order valence-electron chi connectivity index (χ4n) is 3.26. The lowest BCUT2D eigenvalue weighted by Crippen LogP contribution is -2.14. The van der Waals surface area contributed by atoms with Gasteiger partial charge in [-0.15, -0.1) is 36.2 Å². The van der Waals surface area contributed by atoms with E-state index in [1.54, 1.807) is 11.3 Å². The molecule has 0 bridgehead atoms. The molecule has 1 heterocycles. The van der Waals surface area contributed by atoms with E-state index in [1.165, 1.54) is 27.8 Å². The van der Waals surface area contributed by atoms with Crippen LogP contribution in [0, 0.1) is 13.8 Å². The number of aliphatic imine (C=N–C) groups is 1. The highest BCUT2D eigenvalue weighted by molar-refractivity contribution is 7.10. The molecule has 0 saturated carbocycles. The summed E-state index contributed by atoms with van der Waals surface area (Å²) in [6, 6.07) is 13.3. The van der Waals surface area contributed by atoms with Gasteiger partial charge in [0.15, 0.2) is 0 Å². The van der Waals surface area contributed by atoms with Gasteiger partial charge in [-0.2, -0.15) is 0 Å². The van der Waals surface area contributed by atoms with E-state index in [0.717, 1.165) is 29.4 Å². The molecule has 0 N–H and O–H groups in total. The monoisotopic (exact) mass is 491 g/mol. The van der Waals surface area contributed by atoms with Crippen molar-refractivity contribution in [1.82, 2.24) is 9.88 Å². The Kier molecular flexibility index (Phi) is 10.4. The molecule has 3 nitrogen and oxygen atoms in total. The van der Waals surface area contributed by atoms with E-state index in [4.69, 9.17) is 4.98 Å². The number of thiazole rings is 1. The minimum Gasteiger partial charge on any atom is -0.366 e. The largest absolute Gasteiger partial charge is 0.366 e. The van der Waals surface area contributed by atoms with Crippen molar-refractivity contribution in [2.24, 2.45) is 4.99 Å². The molecule has 3 rings (SSSR count). The van der Waals surface area contributed by atoms with Gasteiger partial charge in [-0.05, 0) is 54.5 Å². The zero-order valence-electron chi connectivity index (χ0n) is 20.1. The summed E-state index contributed by atoms with van der Waals surface area (Å²) in [4.78, 5) is 11.6. The summed E-state index contributed by atoms with van der Waals surface area (Å²) in [5.41, 5.74) is 8.58. The molecule has 1 aromatic heterocycles. The first kappa shape index (κ1) is 28.2. The summed E-state index contributed by atoms with van der Waals surface area (Å²) in [6.07, 6.45) is 2.76. The van der Waals surface area contributed by atoms with Crippen LogP contribution in [0.15, 0.2) is 46.8 Å². The fourth-order valence-corrected chi connectivity index (χ4v) is 4.09. The van der Waals surface area contributed by atoms with Crippen molar-refractivity contribution in [2.75, 3.05) is 13.6 Å². The van der Waals surface area contributed by atoms with Crippen molar-refractivity contribution in [2.45, 2.75) is 53.4 Å². The molecule has 0 spiro atoms. The second-order valence-electron chi connectivity index (χ2n) is 9.01. The Balaban J connectivity index is 0.00000256. The lowest BCUT2D eigenvalue weighted by molar-refractivity contribution is 0.552. The molecule has 0 radical (unpaired) electrons. The fraction of sp³-hybridized carbons (Fsp3) is 0.385. The molecule has 0 aliphatic carbocycles. The number of hydrogen-bond donors (Lipinski definition) is 0. The standard InChI is InChI=1S/C26H33N3S.2ClH/c1-8-29(7)17-27-23-14-18(2)21(13-19(23)3)15-25-28-24(16-30-25)20-9-11-22(12-10-20)26(4,5)6;;/h9-14,16-17H,8,15H2,1-7H3;2*1H/b27-17-;;. The summed E-state index contributed by atoms with van der Waals surface area (Å²) in [5, 5.41) is 3.32. The predicted molar refractivity (Wildman–Crippen MR) is 146 cm³/mol. The number of rotatable bonds is 6. The Morgan fingerprint density at radius 3 is 2.28 bits per heavy atom. The van der Waals surface area contributed by atoms with E-state index in [0.29, 0.717) is 0 Å². The number of aromatic nitrogens is 1. The van der Waals surface area contributed by atoms with Crippen LogP contribution in [0.3, 0.4) is 0 Å². The average molecular weight is 493 g/mol. The van der Waals surface area contributed by atoms with Gasteiger partial charge in [-0.25, -0.2) is 9.98 Å². The number of aryl methyl sites for hydroxylation is 2. The third-order valence-electron chi connectivity index (χ3n) is 5.49. The Bertz CT molecular complexity index is 1030. The van der Waals surface area contributed by atoms with Crippen LogP contribution in [0.5, 0.6) is 0 Å². The Morgan fingerprint density at radius 2 is 1.69 bits per heavy atom. The summed E-state index contributed by atoms with van der Waals surface area (Å²) in [7, 11) is 2.04. The van der Waals surface area contributed by atoms with Crippen molar-refractivity contribution >= 4 is 48.2 Å². The van der Waals surface area contributed by atoms with Gasteiger partial charge in [0, 0.05) is 31.0 Å². The van der Waals surface area contributed by atoms with Crippen LogP contribution in [0.1, 0.15) is 55.0 Å². The smallest absolute Gasteiger partial charge is 0.0976 e. The molecule has 2 aromatic carbocycles. The second kappa shape index (κ2) is 11.8. The maximum Gasteiger partial charge on any atom is 0.0976 e. The number of hydrogen-bond acceptors (Lipinski definition) is 3. The molecule has 3 aromatic rings. The molecule has 0 fully saturated rings. The maximum atomic E-state index is 4.91. The van der Waals surface area contributed by atoms with E-state index in [-0.39, 0.29) is 30.2 Å². The highest BCUT2D eigenvalue weighted by atomic mass is 35.5. The Morgan fingerprint density at radius 1 is 1.03 bits per heavy atom. The van der Waals surface area contributed by atoms with Gasteiger partial charge in [-0.3, -0.25) is 0 Å². The minimum atomic E-state index is 0. The predicted octanol–water partition coefficient (Wildman–Crippen LogP) is 7.77. The number of nitrogens with zero attached hydrogens (tertiary/aromatic N) is 3. The maximum absolute atomic E-state index is 4.91. The normalized spacial score (nSPS) is 11.2. The van der Waals surface area contributed by atoms with Gasteiger partial charge in [0.25, 0.3) is 0 Å². The van der Waals surface area contributed by atoms with Gasteiger partial charge < -0.3 is 4.90 Å². The van der Waals surface area contributed by atoms with Crippen LogP contribution < -0.4 is 0 Å². The molecule has 0 amide bonds. The molecule has 0 atom stereocenters. The van der Waals surface area contributed by atoms with Gasteiger partial charge in [0.1, 0.15) is 0 Å². The van der Waals surface area contributed by atoms with Crippen molar-refractivity contribution in [3.05, 3.63) is 69.0 Å². The third kappa shape index (κ3) is 7.06. The average Bonchev–Trinajstić information content (AvgIpc) is 3.17. The van der Waals surface area contributed by atoms with Crippen molar-refractivity contribution in [1.29, 1.82) is 0 Å². The minimum absolute atomic E-state index is 0. The first-order chi connectivity index (χ1) is 14.2.